The smallest absolute Gasteiger partial charge is 0.257 e. The lowest BCUT2D eigenvalue weighted by Gasteiger charge is -2.16. The third-order valence-electron chi connectivity index (χ3n) is 7.21. The third kappa shape index (κ3) is 7.63. The maximum absolute atomic E-state index is 13.2. The van der Waals surface area contributed by atoms with Crippen molar-refractivity contribution in [1.82, 2.24) is 15.8 Å². The van der Waals surface area contributed by atoms with E-state index in [-0.39, 0.29) is 6.54 Å². The third-order valence-corrected chi connectivity index (χ3v) is 7.21. The molecule has 0 radical (unpaired) electrons. The molecule has 0 bridgehead atoms. The maximum atomic E-state index is 13.2. The molecule has 12 nitrogen and oxygen atoms in total. The molecule has 1 heterocycles. The zero-order valence-corrected chi connectivity index (χ0v) is 24.4. The molecular weight excluding hydrogens is 585 g/mol. The predicted octanol–water partition coefficient (Wildman–Crippen LogP) is 4.40. The van der Waals surface area contributed by atoms with Crippen LogP contribution in [-0.2, 0) is 14.4 Å². The molecule has 13 heteroatoms. The Hall–Kier alpha value is -5.27. The first-order valence-electron chi connectivity index (χ1n) is 14.2. The first-order chi connectivity index (χ1) is 21.8. The van der Waals surface area contributed by atoms with E-state index in [2.05, 4.69) is 20.9 Å². The Balaban J connectivity index is 1.19. The van der Waals surface area contributed by atoms with Crippen molar-refractivity contribution < 1.29 is 38.2 Å². The van der Waals surface area contributed by atoms with Crippen LogP contribution in [0.3, 0.4) is 0 Å². The van der Waals surface area contributed by atoms with Gasteiger partial charge in [-0.1, -0.05) is 0 Å². The van der Waals surface area contributed by atoms with E-state index in [1.54, 1.807) is 54.1 Å². The molecule has 1 aromatic heterocycles. The number of ether oxygens (including phenoxy) is 3. The molecule has 1 aliphatic carbocycles. The minimum Gasteiger partial charge on any atom is -0.493 e. The molecule has 5 rings (SSSR count). The summed E-state index contributed by atoms with van der Waals surface area (Å²) in [5.41, 5.74) is 1.94. The molecule has 0 unspecified atom stereocenters. The fraction of sp³-hybridized carbons (Fsp3) is 0.250. The molecule has 0 saturated heterocycles. The Morgan fingerprint density at radius 1 is 0.911 bits per heavy atom. The van der Waals surface area contributed by atoms with Gasteiger partial charge in [0.1, 0.15) is 22.7 Å². The van der Waals surface area contributed by atoms with E-state index in [1.807, 2.05) is 0 Å². The van der Waals surface area contributed by atoms with Gasteiger partial charge >= 0.3 is 0 Å². The van der Waals surface area contributed by atoms with Gasteiger partial charge in [-0.2, -0.15) is 0 Å². The van der Waals surface area contributed by atoms with E-state index in [0.717, 1.165) is 0 Å². The number of hydrogen-bond acceptors (Lipinski definition) is 9. The van der Waals surface area contributed by atoms with Gasteiger partial charge in [0, 0.05) is 29.0 Å². The van der Waals surface area contributed by atoms with Gasteiger partial charge in [-0.25, -0.2) is 9.87 Å². The number of fused-ring (bicyclic) bond motifs is 1. The molecule has 4 aromatic rings. The van der Waals surface area contributed by atoms with Gasteiger partial charge in [-0.15, -0.1) is 0 Å². The molecule has 0 aliphatic heterocycles. The number of rotatable bonds is 14. The molecule has 3 amide bonds. The fourth-order valence-corrected chi connectivity index (χ4v) is 4.56. The number of carbonyl (C=O) groups excluding carboxylic acids is 3. The number of carbonyl (C=O) groups is 3. The highest BCUT2D eigenvalue weighted by atomic mass is 19.1. The van der Waals surface area contributed by atoms with E-state index in [4.69, 9.17) is 19.4 Å². The van der Waals surface area contributed by atoms with E-state index in [0.29, 0.717) is 77.7 Å². The zero-order valence-electron chi connectivity index (χ0n) is 24.4. The van der Waals surface area contributed by atoms with Crippen molar-refractivity contribution in [3.8, 4) is 23.0 Å². The summed E-state index contributed by atoms with van der Waals surface area (Å²) < 4.78 is 30.7. The molecule has 1 fully saturated rings. The van der Waals surface area contributed by atoms with Crippen LogP contribution in [0.25, 0.3) is 10.9 Å². The quantitative estimate of drug-likeness (QED) is 0.0598. The average Bonchev–Trinajstić information content (AvgIpc) is 3.87. The number of anilines is 2. The standard InChI is InChI=1S/C32H32FN5O7/c1-43-27-17-24-25(18-28(27)44-16-2-14-34-19-29(39)38-42)35-15-11-26(24)45-23-9-7-22(8-10-23)37-31(41)32(12-13-32)30(40)36-21-5-3-20(33)4-6-21/h3-11,15,17-18,34,42H,2,12-14,16,19H2,1H3,(H,36,40)(H,37,41)(H,38,39). The van der Waals surface area contributed by atoms with Crippen molar-refractivity contribution in [3.63, 3.8) is 0 Å². The molecule has 234 valence electrons. The van der Waals surface area contributed by atoms with Crippen LogP contribution in [-0.4, -0.2) is 54.7 Å². The second-order valence-corrected chi connectivity index (χ2v) is 10.4. The lowest BCUT2D eigenvalue weighted by molar-refractivity contribution is -0.131. The van der Waals surface area contributed by atoms with E-state index < -0.39 is 29.0 Å². The molecular formula is C32H32FN5O7. The van der Waals surface area contributed by atoms with Crippen LogP contribution < -0.4 is 35.6 Å². The first-order valence-corrected chi connectivity index (χ1v) is 14.2. The summed E-state index contributed by atoms with van der Waals surface area (Å²) in [6, 6.07) is 17.4. The summed E-state index contributed by atoms with van der Waals surface area (Å²) >= 11 is 0. The Bertz CT molecular complexity index is 1680. The van der Waals surface area contributed by atoms with Gasteiger partial charge in [0.2, 0.25) is 11.8 Å². The van der Waals surface area contributed by atoms with Crippen molar-refractivity contribution in [2.45, 2.75) is 19.3 Å². The lowest BCUT2D eigenvalue weighted by atomic mass is 10.0. The van der Waals surface area contributed by atoms with Crippen LogP contribution >= 0.6 is 0 Å². The lowest BCUT2D eigenvalue weighted by Crippen LogP contribution is -2.35. The second-order valence-electron chi connectivity index (χ2n) is 10.4. The highest BCUT2D eigenvalue weighted by Crippen LogP contribution is 2.47. The minimum atomic E-state index is -1.17. The van der Waals surface area contributed by atoms with Crippen LogP contribution in [0.15, 0.2) is 72.9 Å². The summed E-state index contributed by atoms with van der Waals surface area (Å²) in [6.07, 6.45) is 3.06. The number of hydrogen-bond donors (Lipinski definition) is 5. The topological polar surface area (TPSA) is 160 Å². The van der Waals surface area contributed by atoms with Crippen molar-refractivity contribution in [3.05, 3.63) is 78.7 Å². The number of nitrogens with one attached hydrogen (secondary N) is 4. The predicted molar refractivity (Wildman–Crippen MR) is 163 cm³/mol. The van der Waals surface area contributed by atoms with Gasteiger partial charge < -0.3 is 30.2 Å². The summed E-state index contributed by atoms with van der Waals surface area (Å²) in [5, 5.41) is 17.6. The molecule has 3 aromatic carbocycles. The van der Waals surface area contributed by atoms with E-state index in [9.17, 15) is 18.8 Å². The zero-order chi connectivity index (χ0) is 31.8. The summed E-state index contributed by atoms with van der Waals surface area (Å²) in [6.45, 7) is 0.865. The Labute approximate surface area is 257 Å². The number of nitrogens with zero attached hydrogens (tertiary/aromatic N) is 1. The van der Waals surface area contributed by atoms with Crippen LogP contribution in [0.1, 0.15) is 19.3 Å². The Kier molecular flexibility index (Phi) is 9.70. The van der Waals surface area contributed by atoms with Gasteiger partial charge in [-0.3, -0.25) is 24.6 Å². The van der Waals surface area contributed by atoms with Crippen molar-refractivity contribution in [2.75, 3.05) is 37.4 Å². The Morgan fingerprint density at radius 3 is 2.20 bits per heavy atom. The van der Waals surface area contributed by atoms with Crippen LogP contribution in [0, 0.1) is 11.2 Å². The molecule has 45 heavy (non-hydrogen) atoms. The number of methoxy groups -OCH3 is 1. The summed E-state index contributed by atoms with van der Waals surface area (Å²) in [5.74, 6) is 0.258. The maximum Gasteiger partial charge on any atom is 0.257 e. The van der Waals surface area contributed by atoms with Gasteiger partial charge in [0.25, 0.3) is 5.91 Å². The minimum absolute atomic E-state index is 0.000682. The number of pyridine rings is 1. The number of hydroxylamine groups is 1. The Morgan fingerprint density at radius 2 is 1.58 bits per heavy atom. The molecule has 1 saturated carbocycles. The fourth-order valence-electron chi connectivity index (χ4n) is 4.56. The van der Waals surface area contributed by atoms with Gasteiger partial charge in [0.15, 0.2) is 11.5 Å². The number of benzene rings is 3. The normalized spacial score (nSPS) is 13.0. The van der Waals surface area contributed by atoms with Crippen LogP contribution in [0.5, 0.6) is 23.0 Å². The average molecular weight is 618 g/mol. The number of aromatic nitrogens is 1. The highest BCUT2D eigenvalue weighted by molar-refractivity contribution is 6.16. The second kappa shape index (κ2) is 14.0. The van der Waals surface area contributed by atoms with Crippen molar-refractivity contribution in [2.24, 2.45) is 5.41 Å². The molecule has 0 spiro atoms. The largest absolute Gasteiger partial charge is 0.493 e. The van der Waals surface area contributed by atoms with Crippen LogP contribution in [0.4, 0.5) is 15.8 Å². The highest BCUT2D eigenvalue weighted by Gasteiger charge is 2.56. The van der Waals surface area contributed by atoms with Crippen LogP contribution in [0.2, 0.25) is 0 Å². The van der Waals surface area contributed by atoms with Gasteiger partial charge in [0.05, 0.1) is 25.8 Å². The number of halogens is 1. The first kappa shape index (κ1) is 31.2. The SMILES string of the molecule is COc1cc2c(Oc3ccc(NC(=O)C4(C(=O)Nc5ccc(F)cc5)CC4)cc3)ccnc2cc1OCCCNCC(=O)NO. The number of amides is 3. The van der Waals surface area contributed by atoms with Crippen molar-refractivity contribution >= 4 is 40.0 Å². The molecule has 0 atom stereocenters. The molecule has 5 N–H and O–H groups in total. The molecule has 1 aliphatic rings. The summed E-state index contributed by atoms with van der Waals surface area (Å²) in [7, 11) is 1.53. The van der Waals surface area contributed by atoms with E-state index in [1.165, 1.54) is 31.4 Å². The monoisotopic (exact) mass is 617 g/mol. The van der Waals surface area contributed by atoms with Crippen molar-refractivity contribution in [1.29, 1.82) is 0 Å². The summed E-state index contributed by atoms with van der Waals surface area (Å²) in [4.78, 5) is 41.3. The van der Waals surface area contributed by atoms with Gasteiger partial charge in [-0.05, 0) is 86.5 Å². The van der Waals surface area contributed by atoms with E-state index >= 15 is 0 Å².